The highest BCUT2D eigenvalue weighted by Crippen LogP contribution is 2.32. The monoisotopic (exact) mass is 327 g/mol. The fourth-order valence-corrected chi connectivity index (χ4v) is 2.62. The Morgan fingerprint density at radius 2 is 2.04 bits per heavy atom. The molecule has 5 nitrogen and oxygen atoms in total. The second kappa shape index (κ2) is 6.71. The van der Waals surface area contributed by atoms with Crippen LogP contribution < -0.4 is 10.7 Å². The first-order valence-corrected chi connectivity index (χ1v) is 7.84. The maximum absolute atomic E-state index is 6.00. The van der Waals surface area contributed by atoms with Gasteiger partial charge in [0.05, 0.1) is 5.69 Å². The lowest BCUT2D eigenvalue weighted by atomic mass is 10.1. The zero-order chi connectivity index (χ0) is 16.2. The Balaban J connectivity index is 2.13. The summed E-state index contributed by atoms with van der Waals surface area (Å²) in [4.78, 5) is 8.40. The first kappa shape index (κ1) is 15.4. The highest BCUT2D eigenvalue weighted by Gasteiger charge is 2.15. The molecule has 118 valence electrons. The van der Waals surface area contributed by atoms with Gasteiger partial charge in [-0.25, -0.2) is 14.6 Å². The van der Waals surface area contributed by atoms with Gasteiger partial charge in [-0.2, -0.15) is 0 Å². The van der Waals surface area contributed by atoms with E-state index in [1.807, 2.05) is 41.2 Å². The minimum Gasteiger partial charge on any atom is -0.384 e. The van der Waals surface area contributed by atoms with Crippen molar-refractivity contribution in [3.63, 3.8) is 0 Å². The van der Waals surface area contributed by atoms with Crippen molar-refractivity contribution < 1.29 is 0 Å². The van der Waals surface area contributed by atoms with Crippen LogP contribution in [0.2, 0.25) is 5.02 Å². The Morgan fingerprint density at radius 1 is 1.26 bits per heavy atom. The summed E-state index contributed by atoms with van der Waals surface area (Å²) in [7, 11) is 0. The van der Waals surface area contributed by atoms with E-state index >= 15 is 0 Å². The van der Waals surface area contributed by atoms with Crippen LogP contribution in [0.15, 0.2) is 55.2 Å². The van der Waals surface area contributed by atoms with Crippen LogP contribution in [0.5, 0.6) is 0 Å². The van der Waals surface area contributed by atoms with Crippen LogP contribution in [-0.4, -0.2) is 21.2 Å². The summed E-state index contributed by atoms with van der Waals surface area (Å²) < 4.78 is 1.96. The molecule has 3 aromatic rings. The molecule has 3 rings (SSSR count). The van der Waals surface area contributed by atoms with E-state index < -0.39 is 0 Å². The second-order valence-electron chi connectivity index (χ2n) is 5.20. The lowest BCUT2D eigenvalue weighted by Crippen LogP contribution is -2.29. The van der Waals surface area contributed by atoms with Gasteiger partial charge in [-0.05, 0) is 24.1 Å². The Hall–Kier alpha value is -2.53. The Labute approximate surface area is 140 Å². The van der Waals surface area contributed by atoms with Crippen molar-refractivity contribution in [1.82, 2.24) is 14.6 Å². The van der Waals surface area contributed by atoms with E-state index in [9.17, 15) is 0 Å². The summed E-state index contributed by atoms with van der Waals surface area (Å²) in [5, 5.41) is 2.84. The van der Waals surface area contributed by atoms with Crippen molar-refractivity contribution in [2.75, 3.05) is 17.3 Å². The Bertz CT molecular complexity index is 768. The van der Waals surface area contributed by atoms with Gasteiger partial charge in [0.25, 0.3) is 0 Å². The van der Waals surface area contributed by atoms with Gasteiger partial charge in [0.2, 0.25) is 0 Å². The van der Waals surface area contributed by atoms with Crippen LogP contribution in [-0.2, 0) is 0 Å². The zero-order valence-corrected chi connectivity index (χ0v) is 13.6. The Kier molecular flexibility index (Phi) is 4.48. The van der Waals surface area contributed by atoms with Crippen molar-refractivity contribution in [1.29, 1.82) is 0 Å². The van der Waals surface area contributed by atoms with Crippen LogP contribution in [0.3, 0.4) is 0 Å². The van der Waals surface area contributed by atoms with Crippen molar-refractivity contribution in [3.8, 4) is 11.1 Å². The predicted molar refractivity (Wildman–Crippen MR) is 94.4 cm³/mol. The molecule has 0 atom stereocenters. The lowest BCUT2D eigenvalue weighted by Gasteiger charge is -2.27. The summed E-state index contributed by atoms with van der Waals surface area (Å²) in [6, 6.07) is 9.60. The van der Waals surface area contributed by atoms with E-state index in [0.717, 1.165) is 29.8 Å². The quantitative estimate of drug-likeness (QED) is 0.773. The molecule has 6 heteroatoms. The SMILES string of the molecule is CCCN(c1cc(N)ncc1-c1ccc(Cl)cc1)n1ccnc1. The van der Waals surface area contributed by atoms with Crippen molar-refractivity contribution in [2.24, 2.45) is 0 Å². The molecule has 2 aromatic heterocycles. The summed E-state index contributed by atoms with van der Waals surface area (Å²) in [5.74, 6) is 0.485. The molecule has 0 amide bonds. The maximum atomic E-state index is 6.00. The van der Waals surface area contributed by atoms with E-state index in [1.54, 1.807) is 18.7 Å². The van der Waals surface area contributed by atoms with Gasteiger partial charge in [0.1, 0.15) is 12.1 Å². The normalized spacial score (nSPS) is 10.7. The van der Waals surface area contributed by atoms with Crippen molar-refractivity contribution in [3.05, 3.63) is 60.3 Å². The fraction of sp³-hybridized carbons (Fsp3) is 0.176. The lowest BCUT2D eigenvalue weighted by molar-refractivity contribution is 0.675. The van der Waals surface area contributed by atoms with E-state index in [1.165, 1.54) is 0 Å². The molecular formula is C17H18ClN5. The average Bonchev–Trinajstić information content (AvgIpc) is 3.08. The summed E-state index contributed by atoms with van der Waals surface area (Å²) in [6.45, 7) is 2.97. The number of benzene rings is 1. The van der Waals surface area contributed by atoms with Crippen molar-refractivity contribution >= 4 is 23.1 Å². The molecule has 0 unspecified atom stereocenters. The molecule has 23 heavy (non-hydrogen) atoms. The van der Waals surface area contributed by atoms with Gasteiger partial charge < -0.3 is 5.73 Å². The Morgan fingerprint density at radius 3 is 2.70 bits per heavy atom. The van der Waals surface area contributed by atoms with Gasteiger partial charge in [-0.15, -0.1) is 0 Å². The molecule has 0 aliphatic rings. The first-order chi connectivity index (χ1) is 11.2. The van der Waals surface area contributed by atoms with E-state index in [2.05, 4.69) is 21.9 Å². The number of hydrogen-bond donors (Lipinski definition) is 1. The van der Waals surface area contributed by atoms with Gasteiger partial charge in [0, 0.05) is 41.8 Å². The molecule has 0 bridgehead atoms. The van der Waals surface area contributed by atoms with Gasteiger partial charge >= 0.3 is 0 Å². The van der Waals surface area contributed by atoms with Crippen LogP contribution >= 0.6 is 11.6 Å². The van der Waals surface area contributed by atoms with Crippen LogP contribution in [0.25, 0.3) is 11.1 Å². The van der Waals surface area contributed by atoms with Crippen molar-refractivity contribution in [2.45, 2.75) is 13.3 Å². The molecule has 2 N–H and O–H groups in total. The van der Waals surface area contributed by atoms with Crippen LogP contribution in [0, 0.1) is 0 Å². The first-order valence-electron chi connectivity index (χ1n) is 7.46. The third kappa shape index (κ3) is 3.29. The molecule has 0 fully saturated rings. The number of nitrogens with zero attached hydrogens (tertiary/aromatic N) is 4. The number of nitrogens with two attached hydrogens (primary N) is 1. The summed E-state index contributed by atoms with van der Waals surface area (Å²) >= 11 is 6.00. The number of rotatable bonds is 5. The molecule has 0 aliphatic carbocycles. The molecule has 0 spiro atoms. The molecule has 0 saturated heterocycles. The minimum atomic E-state index is 0.485. The zero-order valence-electron chi connectivity index (χ0n) is 12.9. The number of hydrogen-bond acceptors (Lipinski definition) is 4. The number of anilines is 2. The van der Waals surface area contributed by atoms with Gasteiger partial charge in [-0.1, -0.05) is 30.7 Å². The number of aromatic nitrogens is 3. The topological polar surface area (TPSA) is 60.0 Å². The highest BCUT2D eigenvalue weighted by atomic mass is 35.5. The molecule has 0 saturated carbocycles. The molecule has 0 radical (unpaired) electrons. The van der Waals surface area contributed by atoms with Gasteiger partial charge in [0.15, 0.2) is 0 Å². The number of nitrogen functional groups attached to an aromatic ring is 1. The largest absolute Gasteiger partial charge is 0.384 e. The highest BCUT2D eigenvalue weighted by molar-refractivity contribution is 6.30. The third-order valence-electron chi connectivity index (χ3n) is 3.54. The van der Waals surface area contributed by atoms with E-state index in [4.69, 9.17) is 17.3 Å². The third-order valence-corrected chi connectivity index (χ3v) is 3.79. The molecular weight excluding hydrogens is 310 g/mol. The molecule has 1 aromatic carbocycles. The number of imidazole rings is 1. The maximum Gasteiger partial charge on any atom is 0.125 e. The average molecular weight is 328 g/mol. The summed E-state index contributed by atoms with van der Waals surface area (Å²) in [5.41, 5.74) is 8.96. The number of halogens is 1. The second-order valence-corrected chi connectivity index (χ2v) is 5.64. The van der Waals surface area contributed by atoms with E-state index in [-0.39, 0.29) is 0 Å². The smallest absolute Gasteiger partial charge is 0.125 e. The predicted octanol–water partition coefficient (Wildman–Crippen LogP) is 3.86. The molecule has 0 aliphatic heterocycles. The fourth-order valence-electron chi connectivity index (χ4n) is 2.49. The van der Waals surface area contributed by atoms with Gasteiger partial charge in [-0.3, -0.25) is 5.01 Å². The van der Waals surface area contributed by atoms with Crippen LogP contribution in [0.1, 0.15) is 13.3 Å². The standard InChI is InChI=1S/C17H18ClN5/c1-2-8-23(22-9-7-20-12-22)16-10-17(19)21-11-15(16)13-3-5-14(18)6-4-13/h3-7,9-12H,2,8H2,1H3,(H2,19,21). The number of pyridine rings is 1. The summed E-state index contributed by atoms with van der Waals surface area (Å²) in [6.07, 6.45) is 8.24. The van der Waals surface area contributed by atoms with E-state index in [0.29, 0.717) is 10.8 Å². The van der Waals surface area contributed by atoms with Crippen LogP contribution in [0.4, 0.5) is 11.5 Å². The molecule has 2 heterocycles. The minimum absolute atomic E-state index is 0.485.